The standard InChI is InChI=1S/C22H17N3O2/c26-22(24-18-9-11-19(12-10-18)25-14-13-23-16-25)17-5-4-8-21(15-17)27-20-6-2-1-3-7-20/h1-16H,(H,24,26). The number of carbonyl (C=O) groups excluding carboxylic acids is 1. The molecule has 0 radical (unpaired) electrons. The zero-order valence-corrected chi connectivity index (χ0v) is 14.4. The van der Waals surface area contributed by atoms with Crippen LogP contribution >= 0.6 is 0 Å². The minimum Gasteiger partial charge on any atom is -0.457 e. The predicted molar refractivity (Wildman–Crippen MR) is 104 cm³/mol. The maximum Gasteiger partial charge on any atom is 0.255 e. The van der Waals surface area contributed by atoms with E-state index in [1.54, 1.807) is 30.7 Å². The molecular weight excluding hydrogens is 338 g/mol. The Bertz CT molecular complexity index is 1030. The number of hydrogen-bond donors (Lipinski definition) is 1. The minimum absolute atomic E-state index is 0.191. The van der Waals surface area contributed by atoms with Gasteiger partial charge in [-0.3, -0.25) is 4.79 Å². The van der Waals surface area contributed by atoms with Crippen molar-refractivity contribution >= 4 is 11.6 Å². The number of para-hydroxylation sites is 1. The van der Waals surface area contributed by atoms with Crippen LogP contribution in [0.1, 0.15) is 10.4 Å². The molecule has 5 heteroatoms. The van der Waals surface area contributed by atoms with Crippen molar-refractivity contribution < 1.29 is 9.53 Å². The van der Waals surface area contributed by atoms with Gasteiger partial charge in [-0.1, -0.05) is 24.3 Å². The molecule has 132 valence electrons. The highest BCUT2D eigenvalue weighted by Gasteiger charge is 2.08. The molecule has 1 aromatic heterocycles. The van der Waals surface area contributed by atoms with Crippen molar-refractivity contribution in [3.8, 4) is 17.2 Å². The maximum atomic E-state index is 12.6. The van der Waals surface area contributed by atoms with E-state index in [1.165, 1.54) is 0 Å². The number of amides is 1. The molecule has 4 rings (SSSR count). The molecule has 0 aliphatic rings. The van der Waals surface area contributed by atoms with E-state index in [1.807, 2.05) is 71.4 Å². The maximum absolute atomic E-state index is 12.6. The second-order valence-electron chi connectivity index (χ2n) is 5.91. The van der Waals surface area contributed by atoms with Gasteiger partial charge in [0.2, 0.25) is 0 Å². The van der Waals surface area contributed by atoms with Gasteiger partial charge >= 0.3 is 0 Å². The van der Waals surface area contributed by atoms with Crippen molar-refractivity contribution in [2.24, 2.45) is 0 Å². The molecule has 0 unspecified atom stereocenters. The Morgan fingerprint density at radius 2 is 1.67 bits per heavy atom. The van der Waals surface area contributed by atoms with E-state index in [4.69, 9.17) is 4.74 Å². The number of nitrogens with zero attached hydrogens (tertiary/aromatic N) is 2. The molecule has 4 aromatic rings. The van der Waals surface area contributed by atoms with Gasteiger partial charge in [0.1, 0.15) is 11.5 Å². The summed E-state index contributed by atoms with van der Waals surface area (Å²) in [6, 6.07) is 24.1. The van der Waals surface area contributed by atoms with Gasteiger partial charge in [-0.15, -0.1) is 0 Å². The molecule has 0 bridgehead atoms. The summed E-state index contributed by atoms with van der Waals surface area (Å²) < 4.78 is 7.69. The molecule has 27 heavy (non-hydrogen) atoms. The fourth-order valence-electron chi connectivity index (χ4n) is 2.66. The SMILES string of the molecule is O=C(Nc1ccc(-n2ccnc2)cc1)c1cccc(Oc2ccccc2)c1. The number of ether oxygens (including phenoxy) is 1. The molecule has 1 N–H and O–H groups in total. The van der Waals surface area contributed by atoms with Crippen LogP contribution in [-0.4, -0.2) is 15.5 Å². The third kappa shape index (κ3) is 4.04. The lowest BCUT2D eigenvalue weighted by Gasteiger charge is -2.09. The van der Waals surface area contributed by atoms with Gasteiger partial charge < -0.3 is 14.6 Å². The number of anilines is 1. The molecule has 0 aliphatic carbocycles. The van der Waals surface area contributed by atoms with Gasteiger partial charge in [0.05, 0.1) is 6.33 Å². The fraction of sp³-hybridized carbons (Fsp3) is 0. The number of rotatable bonds is 5. The smallest absolute Gasteiger partial charge is 0.255 e. The molecule has 0 aliphatic heterocycles. The third-order valence-corrected chi connectivity index (χ3v) is 4.00. The Morgan fingerprint density at radius 1 is 0.889 bits per heavy atom. The topological polar surface area (TPSA) is 56.2 Å². The molecule has 3 aromatic carbocycles. The van der Waals surface area contributed by atoms with Crippen LogP contribution in [0.2, 0.25) is 0 Å². The normalized spacial score (nSPS) is 10.4. The van der Waals surface area contributed by atoms with Crippen molar-refractivity contribution in [1.82, 2.24) is 9.55 Å². The second kappa shape index (κ2) is 7.58. The van der Waals surface area contributed by atoms with Gasteiger partial charge in [-0.05, 0) is 54.6 Å². The van der Waals surface area contributed by atoms with E-state index in [9.17, 15) is 4.79 Å². The van der Waals surface area contributed by atoms with Crippen LogP contribution in [-0.2, 0) is 0 Å². The van der Waals surface area contributed by atoms with E-state index < -0.39 is 0 Å². The second-order valence-corrected chi connectivity index (χ2v) is 5.91. The summed E-state index contributed by atoms with van der Waals surface area (Å²) >= 11 is 0. The number of aromatic nitrogens is 2. The Kier molecular flexibility index (Phi) is 4.66. The minimum atomic E-state index is -0.191. The number of hydrogen-bond acceptors (Lipinski definition) is 3. The van der Waals surface area contributed by atoms with Crippen LogP contribution in [0.25, 0.3) is 5.69 Å². The summed E-state index contributed by atoms with van der Waals surface area (Å²) in [5.74, 6) is 1.15. The van der Waals surface area contributed by atoms with E-state index in [-0.39, 0.29) is 5.91 Å². The number of nitrogens with one attached hydrogen (secondary N) is 1. The average Bonchev–Trinajstić information content (AvgIpc) is 3.24. The van der Waals surface area contributed by atoms with Gasteiger partial charge in [0.25, 0.3) is 5.91 Å². The van der Waals surface area contributed by atoms with E-state index in [0.717, 1.165) is 17.1 Å². The molecule has 1 heterocycles. The molecule has 0 saturated carbocycles. The zero-order valence-electron chi connectivity index (χ0n) is 14.4. The summed E-state index contributed by atoms with van der Waals surface area (Å²) in [6.07, 6.45) is 5.32. The molecule has 0 atom stereocenters. The summed E-state index contributed by atoms with van der Waals surface area (Å²) in [4.78, 5) is 16.6. The lowest BCUT2D eigenvalue weighted by molar-refractivity contribution is 0.102. The monoisotopic (exact) mass is 355 g/mol. The van der Waals surface area contributed by atoms with Crippen molar-refractivity contribution in [3.63, 3.8) is 0 Å². The van der Waals surface area contributed by atoms with Crippen LogP contribution in [0.5, 0.6) is 11.5 Å². The Morgan fingerprint density at radius 3 is 2.41 bits per heavy atom. The summed E-state index contributed by atoms with van der Waals surface area (Å²) in [5.41, 5.74) is 2.23. The lowest BCUT2D eigenvalue weighted by atomic mass is 10.2. The first-order chi connectivity index (χ1) is 13.3. The van der Waals surface area contributed by atoms with Gasteiger partial charge in [0.15, 0.2) is 0 Å². The number of carbonyl (C=O) groups is 1. The van der Waals surface area contributed by atoms with Crippen molar-refractivity contribution in [2.75, 3.05) is 5.32 Å². The van der Waals surface area contributed by atoms with Crippen LogP contribution in [0.4, 0.5) is 5.69 Å². The summed E-state index contributed by atoms with van der Waals surface area (Å²) in [7, 11) is 0. The lowest BCUT2D eigenvalue weighted by Crippen LogP contribution is -2.11. The van der Waals surface area contributed by atoms with Crippen molar-refractivity contribution in [2.45, 2.75) is 0 Å². The quantitative estimate of drug-likeness (QED) is 0.553. The van der Waals surface area contributed by atoms with Gasteiger partial charge in [0, 0.05) is 29.3 Å². The molecule has 5 nitrogen and oxygen atoms in total. The number of benzene rings is 3. The molecule has 1 amide bonds. The highest BCUT2D eigenvalue weighted by molar-refractivity contribution is 6.04. The van der Waals surface area contributed by atoms with E-state index >= 15 is 0 Å². The highest BCUT2D eigenvalue weighted by atomic mass is 16.5. The molecule has 0 spiro atoms. The fourth-order valence-corrected chi connectivity index (χ4v) is 2.66. The first kappa shape index (κ1) is 16.6. The number of imidazole rings is 1. The predicted octanol–water partition coefficient (Wildman–Crippen LogP) is 4.92. The van der Waals surface area contributed by atoms with Crippen LogP contribution < -0.4 is 10.1 Å². The van der Waals surface area contributed by atoms with E-state index in [0.29, 0.717) is 11.3 Å². The first-order valence-electron chi connectivity index (χ1n) is 8.51. The summed E-state index contributed by atoms with van der Waals surface area (Å²) in [5, 5.41) is 2.90. The molecule has 0 fully saturated rings. The highest BCUT2D eigenvalue weighted by Crippen LogP contribution is 2.22. The Balaban J connectivity index is 1.46. The third-order valence-electron chi connectivity index (χ3n) is 4.00. The van der Waals surface area contributed by atoms with Crippen LogP contribution in [0, 0.1) is 0 Å². The van der Waals surface area contributed by atoms with Gasteiger partial charge in [-0.2, -0.15) is 0 Å². The van der Waals surface area contributed by atoms with Crippen LogP contribution in [0.15, 0.2) is 97.6 Å². The zero-order chi connectivity index (χ0) is 18.5. The van der Waals surface area contributed by atoms with Crippen molar-refractivity contribution in [1.29, 1.82) is 0 Å². The Labute approximate surface area is 156 Å². The van der Waals surface area contributed by atoms with Crippen LogP contribution in [0.3, 0.4) is 0 Å². The molecular formula is C22H17N3O2. The molecule has 0 saturated heterocycles. The van der Waals surface area contributed by atoms with Gasteiger partial charge in [-0.25, -0.2) is 4.98 Å². The largest absolute Gasteiger partial charge is 0.457 e. The average molecular weight is 355 g/mol. The van der Waals surface area contributed by atoms with Crippen molar-refractivity contribution in [3.05, 3.63) is 103 Å². The van der Waals surface area contributed by atoms with E-state index in [2.05, 4.69) is 10.3 Å². The first-order valence-corrected chi connectivity index (χ1v) is 8.51. The Hall–Kier alpha value is -3.86. The summed E-state index contributed by atoms with van der Waals surface area (Å²) in [6.45, 7) is 0.